The Bertz CT molecular complexity index is 467. The molecule has 0 aliphatic rings. The van der Waals surface area contributed by atoms with Gasteiger partial charge in [-0.05, 0) is 19.1 Å². The van der Waals surface area contributed by atoms with Crippen LogP contribution in [0.2, 0.25) is 5.02 Å². The van der Waals surface area contributed by atoms with E-state index in [0.717, 1.165) is 14.0 Å². The average molecular weight is 255 g/mol. The molecule has 17 heavy (non-hydrogen) atoms. The van der Waals surface area contributed by atoms with Crippen LogP contribution < -0.4 is 0 Å². The Morgan fingerprint density at radius 1 is 1.24 bits per heavy atom. The molecule has 0 spiro atoms. The van der Waals surface area contributed by atoms with Gasteiger partial charge >= 0.3 is 5.97 Å². The van der Waals surface area contributed by atoms with E-state index in [1.807, 2.05) is 0 Å². The van der Waals surface area contributed by atoms with E-state index in [9.17, 15) is 14.4 Å². The van der Waals surface area contributed by atoms with Gasteiger partial charge in [0.25, 0.3) is 0 Å². The summed E-state index contributed by atoms with van der Waals surface area (Å²) in [5.74, 6) is -3.53. The van der Waals surface area contributed by atoms with Crippen LogP contribution in [0.25, 0.3) is 0 Å². The zero-order valence-corrected chi connectivity index (χ0v) is 10.2. The Morgan fingerprint density at radius 2 is 1.82 bits per heavy atom. The average Bonchev–Trinajstić information content (AvgIpc) is 2.28. The molecule has 0 saturated heterocycles. The largest absolute Gasteiger partial charge is 0.468 e. The Morgan fingerprint density at radius 3 is 2.29 bits per heavy atom. The van der Waals surface area contributed by atoms with Gasteiger partial charge in [0.05, 0.1) is 12.1 Å². The van der Waals surface area contributed by atoms with Gasteiger partial charge in [-0.1, -0.05) is 23.7 Å². The smallest absolute Gasteiger partial charge is 0.324 e. The molecule has 0 amide bonds. The van der Waals surface area contributed by atoms with Gasteiger partial charge in [-0.15, -0.1) is 0 Å². The fraction of sp³-hybridized carbons (Fsp3) is 0.250. The predicted molar refractivity (Wildman–Crippen MR) is 62.0 cm³/mol. The van der Waals surface area contributed by atoms with E-state index in [4.69, 9.17) is 11.6 Å². The lowest BCUT2D eigenvalue weighted by molar-refractivity contribution is -0.146. The summed E-state index contributed by atoms with van der Waals surface area (Å²) in [6, 6.07) is 6.24. The topological polar surface area (TPSA) is 60.4 Å². The molecule has 1 aromatic carbocycles. The van der Waals surface area contributed by atoms with Crippen molar-refractivity contribution in [1.82, 2.24) is 0 Å². The SMILES string of the molecule is COC(=O)[C@@H](C(C)=O)C(=O)c1ccccc1Cl. The van der Waals surface area contributed by atoms with Gasteiger partial charge in [-0.25, -0.2) is 0 Å². The standard InChI is InChI=1S/C12H11ClO4/c1-7(14)10(12(16)17-2)11(15)8-5-3-4-6-9(8)13/h3-6,10H,1-2H3/t10-/m0/s1. The third kappa shape index (κ3) is 2.91. The maximum absolute atomic E-state index is 12.0. The number of benzene rings is 1. The van der Waals surface area contributed by atoms with Gasteiger partial charge in [-0.2, -0.15) is 0 Å². The van der Waals surface area contributed by atoms with Crippen LogP contribution in [0.5, 0.6) is 0 Å². The third-order valence-corrected chi connectivity index (χ3v) is 2.57. The Kier molecular flexibility index (Phi) is 4.40. The van der Waals surface area contributed by atoms with Crippen molar-refractivity contribution in [2.75, 3.05) is 7.11 Å². The summed E-state index contributed by atoms with van der Waals surface area (Å²) >= 11 is 5.83. The number of ether oxygens (including phenoxy) is 1. The molecule has 1 rings (SSSR count). The first-order valence-corrected chi connectivity index (χ1v) is 5.24. The summed E-state index contributed by atoms with van der Waals surface area (Å²) in [4.78, 5) is 34.7. The van der Waals surface area contributed by atoms with Crippen molar-refractivity contribution in [2.24, 2.45) is 5.92 Å². The van der Waals surface area contributed by atoms with Gasteiger partial charge in [-0.3, -0.25) is 14.4 Å². The van der Waals surface area contributed by atoms with Crippen LogP contribution in [-0.4, -0.2) is 24.6 Å². The number of carbonyl (C=O) groups is 3. The highest BCUT2D eigenvalue weighted by molar-refractivity contribution is 6.35. The highest BCUT2D eigenvalue weighted by atomic mass is 35.5. The molecule has 4 nitrogen and oxygen atoms in total. The Labute approximate surface area is 104 Å². The van der Waals surface area contributed by atoms with Gasteiger partial charge in [0.15, 0.2) is 17.5 Å². The maximum Gasteiger partial charge on any atom is 0.324 e. The van der Waals surface area contributed by atoms with E-state index in [0.29, 0.717) is 0 Å². The quantitative estimate of drug-likeness (QED) is 0.468. The van der Waals surface area contributed by atoms with Crippen molar-refractivity contribution in [2.45, 2.75) is 6.92 Å². The second-order valence-electron chi connectivity index (χ2n) is 3.41. The summed E-state index contributed by atoms with van der Waals surface area (Å²) in [7, 11) is 1.12. The van der Waals surface area contributed by atoms with Crippen molar-refractivity contribution >= 4 is 29.1 Å². The van der Waals surface area contributed by atoms with E-state index in [2.05, 4.69) is 4.74 Å². The van der Waals surface area contributed by atoms with Crippen LogP contribution in [0.3, 0.4) is 0 Å². The van der Waals surface area contributed by atoms with Gasteiger partial charge < -0.3 is 4.74 Å². The Hall–Kier alpha value is -1.68. The molecule has 0 aliphatic heterocycles. The molecule has 1 atom stereocenters. The van der Waals surface area contributed by atoms with Gasteiger partial charge in [0.2, 0.25) is 0 Å². The Balaban J connectivity index is 3.14. The molecule has 1 aromatic rings. The molecule has 0 N–H and O–H groups in total. The van der Waals surface area contributed by atoms with Crippen molar-refractivity contribution in [3.63, 3.8) is 0 Å². The number of hydrogen-bond donors (Lipinski definition) is 0. The lowest BCUT2D eigenvalue weighted by Gasteiger charge is -2.11. The van der Waals surface area contributed by atoms with Crippen molar-refractivity contribution in [1.29, 1.82) is 0 Å². The molecular weight excluding hydrogens is 244 g/mol. The van der Waals surface area contributed by atoms with E-state index in [1.165, 1.54) is 12.1 Å². The lowest BCUT2D eigenvalue weighted by atomic mass is 9.94. The fourth-order valence-corrected chi connectivity index (χ4v) is 1.62. The lowest BCUT2D eigenvalue weighted by Crippen LogP contribution is -2.31. The number of hydrogen-bond acceptors (Lipinski definition) is 4. The van der Waals surface area contributed by atoms with Gasteiger partial charge in [0, 0.05) is 5.56 Å². The minimum atomic E-state index is -1.44. The first kappa shape index (κ1) is 13.4. The number of carbonyl (C=O) groups excluding carboxylic acids is 3. The van der Waals surface area contributed by atoms with E-state index < -0.39 is 23.5 Å². The van der Waals surface area contributed by atoms with Crippen LogP contribution in [0, 0.1) is 5.92 Å². The zero-order chi connectivity index (χ0) is 13.0. The highest BCUT2D eigenvalue weighted by Crippen LogP contribution is 2.20. The molecule has 0 heterocycles. The van der Waals surface area contributed by atoms with Crippen molar-refractivity contribution in [3.8, 4) is 0 Å². The molecule has 0 bridgehead atoms. The first-order chi connectivity index (χ1) is 7.99. The van der Waals surface area contributed by atoms with Crippen LogP contribution in [0.4, 0.5) is 0 Å². The van der Waals surface area contributed by atoms with Crippen LogP contribution in [0.15, 0.2) is 24.3 Å². The third-order valence-electron chi connectivity index (χ3n) is 2.24. The number of Topliss-reactive ketones (excluding diaryl/α,β-unsaturated/α-hetero) is 2. The maximum atomic E-state index is 12.0. The normalized spacial score (nSPS) is 11.7. The van der Waals surface area contributed by atoms with Crippen molar-refractivity contribution in [3.05, 3.63) is 34.9 Å². The molecule has 5 heteroatoms. The van der Waals surface area contributed by atoms with Gasteiger partial charge in [0.1, 0.15) is 0 Å². The molecule has 90 valence electrons. The van der Waals surface area contributed by atoms with E-state index in [1.54, 1.807) is 12.1 Å². The first-order valence-electron chi connectivity index (χ1n) is 4.86. The van der Waals surface area contributed by atoms with Crippen LogP contribution in [0.1, 0.15) is 17.3 Å². The van der Waals surface area contributed by atoms with E-state index in [-0.39, 0.29) is 10.6 Å². The zero-order valence-electron chi connectivity index (χ0n) is 9.40. The summed E-state index contributed by atoms with van der Waals surface area (Å²) in [6.07, 6.45) is 0. The number of esters is 1. The molecular formula is C12H11ClO4. The summed E-state index contributed by atoms with van der Waals surface area (Å²) in [6.45, 7) is 1.16. The number of halogens is 1. The summed E-state index contributed by atoms with van der Waals surface area (Å²) in [5, 5.41) is 0.202. The molecule has 0 aromatic heterocycles. The van der Waals surface area contributed by atoms with Crippen molar-refractivity contribution < 1.29 is 19.1 Å². The minimum Gasteiger partial charge on any atom is -0.468 e. The highest BCUT2D eigenvalue weighted by Gasteiger charge is 2.33. The number of methoxy groups -OCH3 is 1. The second kappa shape index (κ2) is 5.59. The second-order valence-corrected chi connectivity index (χ2v) is 3.82. The molecule has 0 aliphatic carbocycles. The molecule has 0 saturated carbocycles. The summed E-state index contributed by atoms with van der Waals surface area (Å²) < 4.78 is 4.43. The van der Waals surface area contributed by atoms with E-state index >= 15 is 0 Å². The molecule has 0 radical (unpaired) electrons. The number of ketones is 2. The molecule has 0 unspecified atom stereocenters. The minimum absolute atomic E-state index is 0.139. The molecule has 0 fully saturated rings. The number of rotatable bonds is 4. The van der Waals surface area contributed by atoms with Crippen LogP contribution in [-0.2, 0) is 14.3 Å². The predicted octanol–water partition coefficient (Wildman–Crippen LogP) is 1.90. The van der Waals surface area contributed by atoms with Crippen LogP contribution >= 0.6 is 11.6 Å². The monoisotopic (exact) mass is 254 g/mol. The fourth-order valence-electron chi connectivity index (χ4n) is 1.39. The summed E-state index contributed by atoms with van der Waals surface area (Å²) in [5.41, 5.74) is 0.139.